The third-order valence-corrected chi connectivity index (χ3v) is 5.39. The largest absolute Gasteiger partial charge is 0.381 e. The molecule has 5 heteroatoms. The third kappa shape index (κ3) is 3.15. The van der Waals surface area contributed by atoms with Crippen LogP contribution in [0.1, 0.15) is 49.1 Å². The van der Waals surface area contributed by atoms with Gasteiger partial charge in [-0.1, -0.05) is 6.92 Å². The molecule has 2 fully saturated rings. The summed E-state index contributed by atoms with van der Waals surface area (Å²) in [6, 6.07) is 0. The monoisotopic (exact) mass is 295 g/mol. The van der Waals surface area contributed by atoms with Gasteiger partial charge >= 0.3 is 0 Å². The zero-order chi connectivity index (χ0) is 13.9. The van der Waals surface area contributed by atoms with E-state index in [0.717, 1.165) is 44.9 Å². The highest BCUT2D eigenvalue weighted by atomic mass is 32.1. The number of methoxy groups -OCH3 is 1. The van der Waals surface area contributed by atoms with Gasteiger partial charge in [0.15, 0.2) is 5.13 Å². The Morgan fingerprint density at radius 2 is 2.05 bits per heavy atom. The van der Waals surface area contributed by atoms with Gasteiger partial charge in [-0.15, -0.1) is 11.3 Å². The van der Waals surface area contributed by atoms with Crippen LogP contribution in [0.2, 0.25) is 0 Å². The van der Waals surface area contributed by atoms with Crippen LogP contribution in [-0.4, -0.2) is 37.8 Å². The summed E-state index contributed by atoms with van der Waals surface area (Å²) >= 11 is 1.89. The molecule has 2 heterocycles. The molecule has 2 aliphatic rings. The van der Waals surface area contributed by atoms with E-state index >= 15 is 0 Å². The van der Waals surface area contributed by atoms with Crippen molar-refractivity contribution in [3.8, 4) is 0 Å². The predicted octanol–water partition coefficient (Wildman–Crippen LogP) is 2.75. The summed E-state index contributed by atoms with van der Waals surface area (Å²) in [5.41, 5.74) is 1.37. The fourth-order valence-electron chi connectivity index (χ4n) is 2.81. The van der Waals surface area contributed by atoms with Crippen molar-refractivity contribution in [3.05, 3.63) is 10.6 Å². The Balaban J connectivity index is 1.70. The lowest BCUT2D eigenvalue weighted by molar-refractivity contribution is 0.0819. The summed E-state index contributed by atoms with van der Waals surface area (Å²) in [7, 11) is 1.82. The molecule has 0 atom stereocenters. The molecule has 0 bridgehead atoms. The second kappa shape index (κ2) is 6.41. The van der Waals surface area contributed by atoms with E-state index in [-0.39, 0.29) is 0 Å². The van der Waals surface area contributed by atoms with E-state index in [1.54, 1.807) is 0 Å². The van der Waals surface area contributed by atoms with Crippen LogP contribution in [0.4, 0.5) is 5.13 Å². The van der Waals surface area contributed by atoms with E-state index in [1.165, 1.54) is 28.5 Å². The van der Waals surface area contributed by atoms with E-state index in [0.29, 0.717) is 6.10 Å². The molecule has 112 valence electrons. The van der Waals surface area contributed by atoms with E-state index < -0.39 is 0 Å². The van der Waals surface area contributed by atoms with Gasteiger partial charge in [0.25, 0.3) is 0 Å². The van der Waals surface area contributed by atoms with Gasteiger partial charge in [0, 0.05) is 37.5 Å². The number of anilines is 1. The summed E-state index contributed by atoms with van der Waals surface area (Å²) in [6.07, 6.45) is 5.34. The molecule has 1 N–H and O–H groups in total. The third-order valence-electron chi connectivity index (χ3n) is 4.26. The molecule has 0 radical (unpaired) electrons. The number of nitrogens with one attached hydrogen (secondary N) is 1. The topological polar surface area (TPSA) is 37.4 Å². The first-order chi connectivity index (χ1) is 9.81. The first-order valence-corrected chi connectivity index (χ1v) is 8.61. The molecule has 1 aromatic rings. The van der Waals surface area contributed by atoms with Gasteiger partial charge in [0.1, 0.15) is 0 Å². The number of piperidine rings is 1. The number of rotatable bonds is 6. The Morgan fingerprint density at radius 1 is 1.30 bits per heavy atom. The SMILES string of the molecule is CCNCc1sc(N2CCC(OC)CC2)nc1C1CC1. The van der Waals surface area contributed by atoms with Crippen LogP contribution in [0, 0.1) is 0 Å². The van der Waals surface area contributed by atoms with E-state index in [2.05, 4.69) is 17.1 Å². The Labute approximate surface area is 125 Å². The number of hydrogen-bond acceptors (Lipinski definition) is 5. The van der Waals surface area contributed by atoms with Crippen molar-refractivity contribution in [2.45, 2.75) is 51.2 Å². The number of thiazole rings is 1. The molecule has 3 rings (SSSR count). The molecule has 4 nitrogen and oxygen atoms in total. The standard InChI is InChI=1S/C15H25N3OS/c1-3-16-10-13-14(11-4-5-11)17-15(20-13)18-8-6-12(19-2)7-9-18/h11-12,16H,3-10H2,1-2H3. The Morgan fingerprint density at radius 3 is 2.65 bits per heavy atom. The van der Waals surface area contributed by atoms with Crippen LogP contribution < -0.4 is 10.2 Å². The molecular weight excluding hydrogens is 270 g/mol. The average Bonchev–Trinajstić information content (AvgIpc) is 3.25. The minimum Gasteiger partial charge on any atom is -0.381 e. The summed E-state index contributed by atoms with van der Waals surface area (Å²) in [5.74, 6) is 0.741. The maximum Gasteiger partial charge on any atom is 0.185 e. The van der Waals surface area contributed by atoms with Crippen LogP contribution in [-0.2, 0) is 11.3 Å². The average molecular weight is 295 g/mol. The lowest BCUT2D eigenvalue weighted by Gasteiger charge is -2.30. The normalized spacial score (nSPS) is 20.6. The minimum atomic E-state index is 0.440. The number of aromatic nitrogens is 1. The van der Waals surface area contributed by atoms with Gasteiger partial charge in [-0.25, -0.2) is 4.98 Å². The molecule has 0 amide bonds. The highest BCUT2D eigenvalue weighted by Crippen LogP contribution is 2.44. The van der Waals surface area contributed by atoms with Crippen molar-refractivity contribution in [2.75, 3.05) is 31.6 Å². The predicted molar refractivity (Wildman–Crippen MR) is 83.7 cm³/mol. The van der Waals surface area contributed by atoms with Crippen molar-refractivity contribution in [3.63, 3.8) is 0 Å². The van der Waals surface area contributed by atoms with Crippen molar-refractivity contribution < 1.29 is 4.74 Å². The van der Waals surface area contributed by atoms with Gasteiger partial charge in [0.05, 0.1) is 11.8 Å². The lowest BCUT2D eigenvalue weighted by Crippen LogP contribution is -2.36. The molecule has 0 aromatic carbocycles. The first-order valence-electron chi connectivity index (χ1n) is 7.79. The Bertz CT molecular complexity index is 436. The lowest BCUT2D eigenvalue weighted by atomic mass is 10.1. The molecule has 0 spiro atoms. The van der Waals surface area contributed by atoms with Crippen LogP contribution in [0.25, 0.3) is 0 Å². The molecule has 1 aliphatic heterocycles. The molecular formula is C15H25N3OS. The molecule has 20 heavy (non-hydrogen) atoms. The second-order valence-electron chi connectivity index (χ2n) is 5.78. The summed E-state index contributed by atoms with van der Waals surface area (Å²) in [5, 5.41) is 4.68. The number of ether oxygens (including phenoxy) is 1. The molecule has 1 aromatic heterocycles. The molecule has 1 saturated carbocycles. The van der Waals surface area contributed by atoms with Gasteiger partial charge < -0.3 is 15.0 Å². The van der Waals surface area contributed by atoms with Gasteiger partial charge in [0.2, 0.25) is 0 Å². The summed E-state index contributed by atoms with van der Waals surface area (Å²) in [4.78, 5) is 8.87. The Hall–Kier alpha value is -0.650. The highest BCUT2D eigenvalue weighted by molar-refractivity contribution is 7.15. The van der Waals surface area contributed by atoms with Gasteiger partial charge in [-0.2, -0.15) is 0 Å². The zero-order valence-electron chi connectivity index (χ0n) is 12.5. The van der Waals surface area contributed by atoms with Crippen LogP contribution in [0.5, 0.6) is 0 Å². The van der Waals surface area contributed by atoms with Crippen LogP contribution in [0.15, 0.2) is 0 Å². The summed E-state index contributed by atoms with van der Waals surface area (Å²) < 4.78 is 5.45. The molecule has 1 saturated heterocycles. The van der Waals surface area contributed by atoms with Crippen molar-refractivity contribution in [1.29, 1.82) is 0 Å². The van der Waals surface area contributed by atoms with E-state index in [1.807, 2.05) is 18.4 Å². The van der Waals surface area contributed by atoms with Crippen LogP contribution in [0.3, 0.4) is 0 Å². The van der Waals surface area contributed by atoms with Gasteiger partial charge in [-0.05, 0) is 32.2 Å². The van der Waals surface area contributed by atoms with Crippen molar-refractivity contribution in [1.82, 2.24) is 10.3 Å². The highest BCUT2D eigenvalue weighted by Gasteiger charge is 2.31. The quantitative estimate of drug-likeness (QED) is 0.875. The number of nitrogens with zero attached hydrogens (tertiary/aromatic N) is 2. The maximum absolute atomic E-state index is 5.45. The Kier molecular flexibility index (Phi) is 4.58. The van der Waals surface area contributed by atoms with Crippen molar-refractivity contribution in [2.24, 2.45) is 0 Å². The van der Waals surface area contributed by atoms with E-state index in [4.69, 9.17) is 9.72 Å². The molecule has 0 unspecified atom stereocenters. The maximum atomic E-state index is 5.45. The van der Waals surface area contributed by atoms with Crippen LogP contribution >= 0.6 is 11.3 Å². The second-order valence-corrected chi connectivity index (χ2v) is 6.84. The summed E-state index contributed by atoms with van der Waals surface area (Å²) in [6.45, 7) is 6.33. The fraction of sp³-hybridized carbons (Fsp3) is 0.800. The number of hydrogen-bond donors (Lipinski definition) is 1. The van der Waals surface area contributed by atoms with E-state index in [9.17, 15) is 0 Å². The smallest absolute Gasteiger partial charge is 0.185 e. The zero-order valence-corrected chi connectivity index (χ0v) is 13.3. The van der Waals surface area contributed by atoms with Gasteiger partial charge in [-0.3, -0.25) is 0 Å². The first kappa shape index (κ1) is 14.3. The fourth-order valence-corrected chi connectivity index (χ4v) is 3.98. The van der Waals surface area contributed by atoms with Crippen molar-refractivity contribution >= 4 is 16.5 Å². The minimum absolute atomic E-state index is 0.440. The molecule has 1 aliphatic carbocycles.